The molecule has 1 fully saturated rings. The van der Waals surface area contributed by atoms with Crippen LogP contribution < -0.4 is 10.6 Å². The Kier molecular flexibility index (Phi) is 4.30. The molecule has 1 saturated heterocycles. The Morgan fingerprint density at radius 1 is 0.917 bits per heavy atom. The van der Waals surface area contributed by atoms with Gasteiger partial charge in [-0.25, -0.2) is 0 Å². The topological polar surface area (TPSA) is 71.2 Å². The molecule has 4 rings (SSSR count). The zero-order valence-electron chi connectivity index (χ0n) is 14.0. The van der Waals surface area contributed by atoms with Gasteiger partial charge in [0.05, 0.1) is 6.54 Å². The van der Waals surface area contributed by atoms with E-state index in [4.69, 9.17) is 5.73 Å². The molecular formula is C18H24N6. The summed E-state index contributed by atoms with van der Waals surface area (Å²) < 4.78 is 0. The molecule has 0 radical (unpaired) electrons. The average Bonchev–Trinajstić information content (AvgIpc) is 2.62. The Morgan fingerprint density at radius 2 is 1.71 bits per heavy atom. The Hall–Kier alpha value is -2.21. The Balaban J connectivity index is 1.49. The van der Waals surface area contributed by atoms with Gasteiger partial charge < -0.3 is 10.6 Å². The van der Waals surface area contributed by atoms with Gasteiger partial charge in [0, 0.05) is 26.2 Å². The molecule has 0 bridgehead atoms. The van der Waals surface area contributed by atoms with E-state index in [1.54, 1.807) is 0 Å². The molecule has 1 aromatic carbocycles. The minimum absolute atomic E-state index is 0.331. The van der Waals surface area contributed by atoms with Crippen LogP contribution in [0.1, 0.15) is 36.2 Å². The maximum Gasteiger partial charge on any atom is 0.230 e. The minimum atomic E-state index is 0.331. The van der Waals surface area contributed by atoms with Crippen LogP contribution in [0.3, 0.4) is 0 Å². The van der Waals surface area contributed by atoms with E-state index in [9.17, 15) is 0 Å². The van der Waals surface area contributed by atoms with Gasteiger partial charge in [-0.05, 0) is 36.8 Å². The lowest BCUT2D eigenvalue weighted by Gasteiger charge is -2.29. The van der Waals surface area contributed by atoms with Crippen LogP contribution in [0.2, 0.25) is 0 Å². The zero-order chi connectivity index (χ0) is 16.4. The van der Waals surface area contributed by atoms with Crippen LogP contribution in [-0.4, -0.2) is 39.5 Å². The number of anilines is 2. The highest BCUT2D eigenvalue weighted by molar-refractivity contribution is 5.35. The highest BCUT2D eigenvalue weighted by atomic mass is 15.3. The standard InChI is InChI=1S/C18H24N6/c19-17-20-16(21-18(22-17)24-9-4-1-5-10-24)13-23-11-8-14-6-2-3-7-15(14)12-23/h2-3,6-7H,1,4-5,8-13H2,(H2,19,20,21,22). The molecule has 24 heavy (non-hydrogen) atoms. The summed E-state index contributed by atoms with van der Waals surface area (Å²) in [5.74, 6) is 1.86. The maximum atomic E-state index is 5.94. The summed E-state index contributed by atoms with van der Waals surface area (Å²) in [7, 11) is 0. The van der Waals surface area contributed by atoms with Crippen molar-refractivity contribution in [3.05, 3.63) is 41.2 Å². The summed E-state index contributed by atoms with van der Waals surface area (Å²) in [6, 6.07) is 8.66. The lowest BCUT2D eigenvalue weighted by atomic mass is 10.00. The van der Waals surface area contributed by atoms with Gasteiger partial charge in [0.15, 0.2) is 0 Å². The van der Waals surface area contributed by atoms with E-state index in [1.807, 2.05) is 0 Å². The predicted octanol–water partition coefficient (Wildman–Crippen LogP) is 2.00. The van der Waals surface area contributed by atoms with E-state index in [1.165, 1.54) is 30.4 Å². The number of benzene rings is 1. The fraction of sp³-hybridized carbons (Fsp3) is 0.500. The van der Waals surface area contributed by atoms with Crippen molar-refractivity contribution in [1.29, 1.82) is 0 Å². The largest absolute Gasteiger partial charge is 0.368 e. The van der Waals surface area contributed by atoms with Crippen LogP contribution in [0.4, 0.5) is 11.9 Å². The molecule has 3 heterocycles. The number of rotatable bonds is 3. The maximum absolute atomic E-state index is 5.94. The van der Waals surface area contributed by atoms with Gasteiger partial charge in [-0.2, -0.15) is 15.0 Å². The molecule has 2 aliphatic heterocycles. The molecule has 0 aliphatic carbocycles. The second-order valence-electron chi connectivity index (χ2n) is 6.69. The van der Waals surface area contributed by atoms with Crippen LogP contribution in [0, 0.1) is 0 Å². The van der Waals surface area contributed by atoms with Gasteiger partial charge in [-0.15, -0.1) is 0 Å². The van der Waals surface area contributed by atoms with Gasteiger partial charge in [-0.3, -0.25) is 4.90 Å². The first-order chi connectivity index (χ1) is 11.8. The van der Waals surface area contributed by atoms with Gasteiger partial charge in [-0.1, -0.05) is 24.3 Å². The molecular weight excluding hydrogens is 300 g/mol. The molecule has 0 saturated carbocycles. The molecule has 1 aromatic heterocycles. The van der Waals surface area contributed by atoms with E-state index in [2.05, 4.69) is 49.0 Å². The number of hydrogen-bond donors (Lipinski definition) is 1. The van der Waals surface area contributed by atoms with E-state index in [-0.39, 0.29) is 0 Å². The molecule has 2 N–H and O–H groups in total. The number of piperidine rings is 1. The van der Waals surface area contributed by atoms with Crippen molar-refractivity contribution in [2.75, 3.05) is 30.3 Å². The van der Waals surface area contributed by atoms with E-state index in [0.29, 0.717) is 5.95 Å². The van der Waals surface area contributed by atoms with E-state index < -0.39 is 0 Å². The quantitative estimate of drug-likeness (QED) is 0.931. The SMILES string of the molecule is Nc1nc(CN2CCc3ccccc3C2)nc(N2CCCCC2)n1. The summed E-state index contributed by atoms with van der Waals surface area (Å²) in [4.78, 5) is 18.0. The lowest BCUT2D eigenvalue weighted by Crippen LogP contribution is -2.33. The third-order valence-electron chi connectivity index (χ3n) is 4.90. The fourth-order valence-corrected chi connectivity index (χ4v) is 3.62. The molecule has 0 atom stereocenters. The summed E-state index contributed by atoms with van der Waals surface area (Å²) >= 11 is 0. The zero-order valence-corrected chi connectivity index (χ0v) is 14.0. The average molecular weight is 324 g/mol. The molecule has 2 aliphatic rings. The summed E-state index contributed by atoms with van der Waals surface area (Å²) in [5.41, 5.74) is 8.80. The molecule has 2 aromatic rings. The van der Waals surface area contributed by atoms with Crippen LogP contribution in [0.25, 0.3) is 0 Å². The highest BCUT2D eigenvalue weighted by Crippen LogP contribution is 2.21. The van der Waals surface area contributed by atoms with Crippen molar-refractivity contribution in [3.8, 4) is 0 Å². The van der Waals surface area contributed by atoms with Crippen molar-refractivity contribution in [3.63, 3.8) is 0 Å². The Labute approximate surface area is 142 Å². The number of fused-ring (bicyclic) bond motifs is 1. The number of nitrogens with zero attached hydrogens (tertiary/aromatic N) is 5. The van der Waals surface area contributed by atoms with Crippen molar-refractivity contribution in [2.24, 2.45) is 0 Å². The monoisotopic (exact) mass is 324 g/mol. The van der Waals surface area contributed by atoms with Crippen LogP contribution in [0.5, 0.6) is 0 Å². The second-order valence-corrected chi connectivity index (χ2v) is 6.69. The third-order valence-corrected chi connectivity index (χ3v) is 4.90. The van der Waals surface area contributed by atoms with Gasteiger partial charge in [0.2, 0.25) is 11.9 Å². The van der Waals surface area contributed by atoms with Crippen molar-refractivity contribution in [2.45, 2.75) is 38.8 Å². The van der Waals surface area contributed by atoms with Crippen LogP contribution in [0.15, 0.2) is 24.3 Å². The summed E-state index contributed by atoms with van der Waals surface area (Å²) in [6.45, 7) is 4.73. The number of nitrogens with two attached hydrogens (primary N) is 1. The molecule has 6 nitrogen and oxygen atoms in total. The summed E-state index contributed by atoms with van der Waals surface area (Å²) in [6.07, 6.45) is 4.76. The first kappa shape index (κ1) is 15.3. The molecule has 0 unspecified atom stereocenters. The first-order valence-corrected chi connectivity index (χ1v) is 8.82. The normalized spacial score (nSPS) is 18.4. The number of nitrogen functional groups attached to an aromatic ring is 1. The van der Waals surface area contributed by atoms with Crippen molar-refractivity contribution in [1.82, 2.24) is 19.9 Å². The van der Waals surface area contributed by atoms with Crippen LogP contribution >= 0.6 is 0 Å². The first-order valence-electron chi connectivity index (χ1n) is 8.82. The lowest BCUT2D eigenvalue weighted by molar-refractivity contribution is 0.239. The van der Waals surface area contributed by atoms with Crippen molar-refractivity contribution >= 4 is 11.9 Å². The Bertz CT molecular complexity index is 710. The van der Waals surface area contributed by atoms with E-state index >= 15 is 0 Å². The fourth-order valence-electron chi connectivity index (χ4n) is 3.62. The van der Waals surface area contributed by atoms with Gasteiger partial charge >= 0.3 is 0 Å². The molecule has 0 amide bonds. The van der Waals surface area contributed by atoms with Crippen LogP contribution in [-0.2, 0) is 19.5 Å². The van der Waals surface area contributed by atoms with E-state index in [0.717, 1.165) is 50.9 Å². The highest BCUT2D eigenvalue weighted by Gasteiger charge is 2.19. The van der Waals surface area contributed by atoms with Gasteiger partial charge in [0.25, 0.3) is 0 Å². The predicted molar refractivity (Wildman–Crippen MR) is 94.6 cm³/mol. The molecule has 6 heteroatoms. The van der Waals surface area contributed by atoms with Gasteiger partial charge in [0.1, 0.15) is 5.82 Å². The minimum Gasteiger partial charge on any atom is -0.368 e. The molecule has 126 valence electrons. The molecule has 0 spiro atoms. The second kappa shape index (κ2) is 6.73. The smallest absolute Gasteiger partial charge is 0.230 e. The number of hydrogen-bond acceptors (Lipinski definition) is 6. The number of aromatic nitrogens is 3. The summed E-state index contributed by atoms with van der Waals surface area (Å²) in [5, 5.41) is 0. The third kappa shape index (κ3) is 3.33. The Morgan fingerprint density at radius 3 is 2.54 bits per heavy atom. The van der Waals surface area contributed by atoms with Crippen molar-refractivity contribution < 1.29 is 0 Å².